The summed E-state index contributed by atoms with van der Waals surface area (Å²) in [4.78, 5) is 0. The molecule has 0 aromatic heterocycles. The lowest BCUT2D eigenvalue weighted by Crippen LogP contribution is -2.17. The number of hydrogen-bond acceptors (Lipinski definition) is 2. The van der Waals surface area contributed by atoms with Crippen molar-refractivity contribution in [3.63, 3.8) is 0 Å². The minimum absolute atomic E-state index is 0.135. The highest BCUT2D eigenvalue weighted by Gasteiger charge is 2.27. The van der Waals surface area contributed by atoms with Crippen molar-refractivity contribution in [1.29, 1.82) is 0 Å². The molecule has 0 saturated carbocycles. The van der Waals surface area contributed by atoms with Crippen LogP contribution in [0.5, 0.6) is 0 Å². The van der Waals surface area contributed by atoms with E-state index in [0.717, 1.165) is 19.3 Å². The molecule has 0 bridgehead atoms. The Morgan fingerprint density at radius 1 is 1.47 bits per heavy atom. The van der Waals surface area contributed by atoms with Gasteiger partial charge in [-0.1, -0.05) is 11.6 Å². The number of hydrogen-bond donors (Lipinski definition) is 1. The van der Waals surface area contributed by atoms with Crippen molar-refractivity contribution in [2.75, 3.05) is 13.2 Å². The van der Waals surface area contributed by atoms with Gasteiger partial charge in [-0.15, -0.1) is 0 Å². The van der Waals surface area contributed by atoms with Crippen LogP contribution < -0.4 is 5.73 Å². The number of halogens is 3. The van der Waals surface area contributed by atoms with Crippen molar-refractivity contribution < 1.29 is 17.9 Å². The average Bonchev–Trinajstić information content (AvgIpc) is 2.49. The van der Waals surface area contributed by atoms with Crippen LogP contribution in [0.2, 0.25) is 0 Å². The maximum Gasteiger partial charge on any atom is 0.411 e. The second-order valence-electron chi connectivity index (χ2n) is 3.80. The van der Waals surface area contributed by atoms with E-state index in [1.807, 2.05) is 6.08 Å². The molecule has 2 nitrogen and oxygen atoms in total. The third-order valence-corrected chi connectivity index (χ3v) is 2.30. The van der Waals surface area contributed by atoms with E-state index in [1.165, 1.54) is 5.57 Å². The summed E-state index contributed by atoms with van der Waals surface area (Å²) in [6.07, 6.45) is 1.15. The van der Waals surface area contributed by atoms with Gasteiger partial charge in [-0.25, -0.2) is 0 Å². The molecule has 0 heterocycles. The van der Waals surface area contributed by atoms with Gasteiger partial charge in [0.1, 0.15) is 6.61 Å². The summed E-state index contributed by atoms with van der Waals surface area (Å²) in [6.45, 7) is -0.988. The van der Waals surface area contributed by atoms with Crippen LogP contribution >= 0.6 is 0 Å². The first kappa shape index (κ1) is 12.5. The highest BCUT2D eigenvalue weighted by atomic mass is 19.4. The Balaban J connectivity index is 2.00. The zero-order valence-corrected chi connectivity index (χ0v) is 8.52. The Labute approximate surface area is 87.3 Å². The highest BCUT2D eigenvalue weighted by molar-refractivity contribution is 5.12. The van der Waals surface area contributed by atoms with Crippen molar-refractivity contribution in [2.45, 2.75) is 37.9 Å². The molecule has 0 radical (unpaired) electrons. The molecule has 5 heteroatoms. The molecule has 0 aliphatic heterocycles. The quantitative estimate of drug-likeness (QED) is 0.573. The number of rotatable bonds is 5. The first-order valence-electron chi connectivity index (χ1n) is 5.07. The van der Waals surface area contributed by atoms with Crippen molar-refractivity contribution in [1.82, 2.24) is 0 Å². The van der Waals surface area contributed by atoms with Gasteiger partial charge >= 0.3 is 6.18 Å². The van der Waals surface area contributed by atoms with Gasteiger partial charge in [-0.3, -0.25) is 0 Å². The Morgan fingerprint density at radius 2 is 2.20 bits per heavy atom. The van der Waals surface area contributed by atoms with Crippen LogP contribution in [0.25, 0.3) is 0 Å². The minimum atomic E-state index is -4.21. The van der Waals surface area contributed by atoms with Crippen LogP contribution in [-0.4, -0.2) is 25.4 Å². The van der Waals surface area contributed by atoms with Gasteiger partial charge < -0.3 is 10.5 Å². The van der Waals surface area contributed by atoms with Crippen molar-refractivity contribution in [2.24, 2.45) is 5.73 Å². The van der Waals surface area contributed by atoms with Crippen LogP contribution in [0.4, 0.5) is 13.2 Å². The van der Waals surface area contributed by atoms with Gasteiger partial charge in [-0.2, -0.15) is 13.2 Å². The smallest absolute Gasteiger partial charge is 0.372 e. The Bertz CT molecular complexity index is 225. The van der Waals surface area contributed by atoms with Crippen molar-refractivity contribution in [3.05, 3.63) is 11.6 Å². The standard InChI is InChI=1S/C10H16F3NO/c11-10(12,13)7-15-5-1-2-8-3-4-9(14)6-8/h6,9H,1-5,7,14H2. The maximum atomic E-state index is 11.7. The highest BCUT2D eigenvalue weighted by Crippen LogP contribution is 2.21. The van der Waals surface area contributed by atoms with Gasteiger partial charge in [-0.05, 0) is 25.7 Å². The van der Waals surface area contributed by atoms with Gasteiger partial charge in [0.15, 0.2) is 0 Å². The van der Waals surface area contributed by atoms with E-state index in [2.05, 4.69) is 4.74 Å². The molecule has 1 rings (SSSR count). The van der Waals surface area contributed by atoms with E-state index in [9.17, 15) is 13.2 Å². The maximum absolute atomic E-state index is 11.7. The summed E-state index contributed by atoms with van der Waals surface area (Å²) in [5.41, 5.74) is 6.90. The molecular formula is C10H16F3NO. The first-order valence-corrected chi connectivity index (χ1v) is 5.07. The fraction of sp³-hybridized carbons (Fsp3) is 0.800. The van der Waals surface area contributed by atoms with E-state index in [0.29, 0.717) is 6.42 Å². The number of alkyl halides is 3. The average molecular weight is 223 g/mol. The van der Waals surface area contributed by atoms with Crippen LogP contribution in [0, 0.1) is 0 Å². The van der Waals surface area contributed by atoms with E-state index in [-0.39, 0.29) is 12.6 Å². The SMILES string of the molecule is NC1C=C(CCCOCC(F)(F)F)CC1. The number of ether oxygens (including phenoxy) is 1. The van der Waals surface area contributed by atoms with E-state index < -0.39 is 12.8 Å². The fourth-order valence-corrected chi connectivity index (χ4v) is 1.62. The van der Waals surface area contributed by atoms with Gasteiger partial charge in [0.2, 0.25) is 0 Å². The van der Waals surface area contributed by atoms with Crippen LogP contribution in [0.1, 0.15) is 25.7 Å². The van der Waals surface area contributed by atoms with Gasteiger partial charge in [0.05, 0.1) is 0 Å². The second kappa shape index (κ2) is 5.51. The fourth-order valence-electron chi connectivity index (χ4n) is 1.62. The zero-order chi connectivity index (χ0) is 11.3. The molecule has 0 fully saturated rings. The van der Waals surface area contributed by atoms with Crippen LogP contribution in [0.3, 0.4) is 0 Å². The molecule has 0 aromatic carbocycles. The Morgan fingerprint density at radius 3 is 2.73 bits per heavy atom. The molecule has 0 spiro atoms. The van der Waals surface area contributed by atoms with Crippen LogP contribution in [0.15, 0.2) is 11.6 Å². The normalized spacial score (nSPS) is 21.9. The van der Waals surface area contributed by atoms with Crippen molar-refractivity contribution >= 4 is 0 Å². The molecule has 15 heavy (non-hydrogen) atoms. The summed E-state index contributed by atoms with van der Waals surface area (Å²) < 4.78 is 39.5. The molecule has 1 aliphatic carbocycles. The van der Waals surface area contributed by atoms with Gasteiger partial charge in [0.25, 0.3) is 0 Å². The monoisotopic (exact) mass is 223 g/mol. The third-order valence-electron chi connectivity index (χ3n) is 2.30. The summed E-state index contributed by atoms with van der Waals surface area (Å²) >= 11 is 0. The zero-order valence-electron chi connectivity index (χ0n) is 8.52. The predicted octanol–water partition coefficient (Wildman–Crippen LogP) is 2.39. The predicted molar refractivity (Wildman–Crippen MR) is 51.4 cm³/mol. The largest absolute Gasteiger partial charge is 0.411 e. The summed E-state index contributed by atoms with van der Waals surface area (Å²) in [6, 6.07) is 0.135. The lowest BCUT2D eigenvalue weighted by molar-refractivity contribution is -0.174. The molecule has 0 aromatic rings. The lowest BCUT2D eigenvalue weighted by atomic mass is 10.1. The molecule has 2 N–H and O–H groups in total. The van der Waals surface area contributed by atoms with E-state index >= 15 is 0 Å². The van der Waals surface area contributed by atoms with Crippen LogP contribution in [-0.2, 0) is 4.74 Å². The minimum Gasteiger partial charge on any atom is -0.372 e. The Kier molecular flexibility index (Phi) is 4.60. The molecule has 1 atom stereocenters. The third kappa shape index (κ3) is 5.79. The molecule has 0 amide bonds. The van der Waals surface area contributed by atoms with E-state index in [4.69, 9.17) is 5.73 Å². The number of nitrogens with two attached hydrogens (primary N) is 1. The molecular weight excluding hydrogens is 207 g/mol. The Hall–Kier alpha value is -0.550. The summed E-state index contributed by atoms with van der Waals surface area (Å²) in [5, 5.41) is 0. The summed E-state index contributed by atoms with van der Waals surface area (Å²) in [7, 11) is 0. The topological polar surface area (TPSA) is 35.2 Å². The van der Waals surface area contributed by atoms with Gasteiger partial charge in [0, 0.05) is 12.6 Å². The van der Waals surface area contributed by atoms with Crippen molar-refractivity contribution in [3.8, 4) is 0 Å². The molecule has 88 valence electrons. The molecule has 1 aliphatic rings. The number of allylic oxidation sites excluding steroid dienone is 1. The summed E-state index contributed by atoms with van der Waals surface area (Å²) in [5.74, 6) is 0. The van der Waals surface area contributed by atoms with E-state index in [1.54, 1.807) is 0 Å². The first-order chi connectivity index (χ1) is 6.97. The second-order valence-corrected chi connectivity index (χ2v) is 3.80. The molecule has 0 saturated heterocycles. The molecule has 1 unspecified atom stereocenters. The lowest BCUT2D eigenvalue weighted by Gasteiger charge is -2.07.